The highest BCUT2D eigenvalue weighted by atomic mass is 35.5. The van der Waals surface area contributed by atoms with Crippen LogP contribution in [0.2, 0.25) is 5.02 Å². The molecule has 0 aliphatic heterocycles. The molecule has 172 valence electrons. The molecule has 0 fully saturated rings. The smallest absolute Gasteiger partial charge is 0.251 e. The molecule has 33 heavy (non-hydrogen) atoms. The van der Waals surface area contributed by atoms with Crippen molar-refractivity contribution in [2.45, 2.75) is 38.5 Å². The number of hydrogen-bond donors (Lipinski definition) is 2. The van der Waals surface area contributed by atoms with Crippen molar-refractivity contribution in [3.63, 3.8) is 0 Å². The van der Waals surface area contributed by atoms with E-state index in [9.17, 15) is 9.59 Å². The Kier molecular flexibility index (Phi) is 8.68. The lowest BCUT2D eigenvalue weighted by molar-refractivity contribution is -0.113. The van der Waals surface area contributed by atoms with Gasteiger partial charge in [-0.25, -0.2) is 0 Å². The zero-order chi connectivity index (χ0) is 23.8. The predicted molar refractivity (Wildman–Crippen MR) is 133 cm³/mol. The molecule has 2 N–H and O–H groups in total. The third kappa shape index (κ3) is 6.46. The number of nitrogens with zero attached hydrogens (tertiary/aromatic N) is 3. The summed E-state index contributed by atoms with van der Waals surface area (Å²) in [6, 6.07) is 12.6. The number of nitrogens with one attached hydrogen (secondary N) is 2. The molecule has 0 spiro atoms. The first-order chi connectivity index (χ1) is 15.9. The molecule has 0 atom stereocenters. The quantitative estimate of drug-likeness (QED) is 0.323. The van der Waals surface area contributed by atoms with Gasteiger partial charge in [-0.3, -0.25) is 9.59 Å². The van der Waals surface area contributed by atoms with Gasteiger partial charge in [0.1, 0.15) is 0 Å². The SMILES string of the molecule is C=CCn1c(CNC(=O)c2ccc(Cl)cc2)nnc1SCC(=O)Nc1c(C)cccc1CC. The average Bonchev–Trinajstić information content (AvgIpc) is 3.19. The van der Waals surface area contributed by atoms with Crippen LogP contribution in [-0.2, 0) is 24.3 Å². The summed E-state index contributed by atoms with van der Waals surface area (Å²) in [5, 5.41) is 15.4. The van der Waals surface area contributed by atoms with Gasteiger partial charge in [0.05, 0.1) is 12.3 Å². The largest absolute Gasteiger partial charge is 0.345 e. The minimum atomic E-state index is -0.238. The Hall–Kier alpha value is -3.10. The van der Waals surface area contributed by atoms with E-state index >= 15 is 0 Å². The Labute approximate surface area is 202 Å². The number of halogens is 1. The van der Waals surface area contributed by atoms with Crippen LogP contribution in [0.25, 0.3) is 0 Å². The highest BCUT2D eigenvalue weighted by Gasteiger charge is 2.16. The van der Waals surface area contributed by atoms with E-state index in [1.165, 1.54) is 11.8 Å². The van der Waals surface area contributed by atoms with Crippen LogP contribution >= 0.6 is 23.4 Å². The van der Waals surface area contributed by atoms with Gasteiger partial charge in [0.25, 0.3) is 5.91 Å². The lowest BCUT2D eigenvalue weighted by Gasteiger charge is -2.13. The first-order valence-electron chi connectivity index (χ1n) is 10.5. The van der Waals surface area contributed by atoms with E-state index in [-0.39, 0.29) is 24.1 Å². The molecule has 0 bridgehead atoms. The molecule has 0 aliphatic carbocycles. The van der Waals surface area contributed by atoms with Crippen LogP contribution in [0, 0.1) is 6.92 Å². The summed E-state index contributed by atoms with van der Waals surface area (Å²) in [6.45, 7) is 8.47. The standard InChI is InChI=1S/C24H26ClN5O2S/c1-4-13-30-20(14-26-23(32)18-9-11-19(25)12-10-18)28-29-24(30)33-15-21(31)27-22-16(3)7-6-8-17(22)5-2/h4,6-12H,1,5,13-15H2,2-3H3,(H,26,32)(H,27,31). The van der Waals surface area contributed by atoms with Crippen molar-refractivity contribution in [1.29, 1.82) is 0 Å². The van der Waals surface area contributed by atoms with Crippen molar-refractivity contribution >= 4 is 40.9 Å². The van der Waals surface area contributed by atoms with Gasteiger partial charge in [-0.15, -0.1) is 16.8 Å². The van der Waals surface area contributed by atoms with Crippen molar-refractivity contribution in [1.82, 2.24) is 20.1 Å². The molecule has 0 aliphatic rings. The number of carbonyl (C=O) groups is 2. The fourth-order valence-corrected chi connectivity index (χ4v) is 4.13. The fourth-order valence-electron chi connectivity index (χ4n) is 3.24. The number of hydrogen-bond acceptors (Lipinski definition) is 5. The molecule has 1 aromatic heterocycles. The summed E-state index contributed by atoms with van der Waals surface area (Å²) >= 11 is 7.16. The van der Waals surface area contributed by atoms with E-state index in [4.69, 9.17) is 11.6 Å². The van der Waals surface area contributed by atoms with Gasteiger partial charge >= 0.3 is 0 Å². The number of benzene rings is 2. The van der Waals surface area contributed by atoms with Gasteiger partial charge < -0.3 is 15.2 Å². The average molecular weight is 484 g/mol. The van der Waals surface area contributed by atoms with Crippen LogP contribution < -0.4 is 10.6 Å². The van der Waals surface area contributed by atoms with Gasteiger partial charge in [-0.2, -0.15) is 0 Å². The van der Waals surface area contributed by atoms with Crippen LogP contribution in [-0.4, -0.2) is 32.3 Å². The molecule has 3 rings (SSSR count). The molecular weight excluding hydrogens is 458 g/mol. The lowest BCUT2D eigenvalue weighted by atomic mass is 10.1. The molecule has 0 unspecified atom stereocenters. The van der Waals surface area contributed by atoms with Gasteiger partial charge in [0, 0.05) is 22.8 Å². The van der Waals surface area contributed by atoms with Crippen molar-refractivity contribution in [3.8, 4) is 0 Å². The van der Waals surface area contributed by atoms with E-state index in [2.05, 4.69) is 34.3 Å². The van der Waals surface area contributed by atoms with Crippen molar-refractivity contribution < 1.29 is 9.59 Å². The van der Waals surface area contributed by atoms with Gasteiger partial charge in [-0.1, -0.05) is 54.6 Å². The number of aromatic nitrogens is 3. The third-order valence-corrected chi connectivity index (χ3v) is 6.17. The maximum Gasteiger partial charge on any atom is 0.251 e. The predicted octanol–water partition coefficient (Wildman–Crippen LogP) is 4.65. The lowest BCUT2D eigenvalue weighted by Crippen LogP contribution is -2.24. The Morgan fingerprint density at radius 1 is 1.18 bits per heavy atom. The first kappa shape index (κ1) is 24.5. The van der Waals surface area contributed by atoms with E-state index in [1.54, 1.807) is 30.3 Å². The maximum absolute atomic E-state index is 12.6. The van der Waals surface area contributed by atoms with Gasteiger partial charge in [-0.05, 0) is 48.7 Å². The zero-order valence-electron chi connectivity index (χ0n) is 18.6. The normalized spacial score (nSPS) is 10.6. The number of rotatable bonds is 10. The molecule has 0 saturated heterocycles. The zero-order valence-corrected chi connectivity index (χ0v) is 20.2. The Morgan fingerprint density at radius 2 is 1.94 bits per heavy atom. The molecule has 9 heteroatoms. The fraction of sp³-hybridized carbons (Fsp3) is 0.250. The number of para-hydroxylation sites is 1. The number of anilines is 1. The summed E-state index contributed by atoms with van der Waals surface area (Å²) in [5.41, 5.74) is 3.50. The van der Waals surface area contributed by atoms with Crippen molar-refractivity contribution in [2.24, 2.45) is 0 Å². The van der Waals surface area contributed by atoms with Crippen LogP contribution in [0.5, 0.6) is 0 Å². The maximum atomic E-state index is 12.6. The number of amides is 2. The summed E-state index contributed by atoms with van der Waals surface area (Å²) in [6.07, 6.45) is 2.56. The third-order valence-electron chi connectivity index (χ3n) is 4.96. The summed E-state index contributed by atoms with van der Waals surface area (Å²) in [7, 11) is 0. The highest BCUT2D eigenvalue weighted by Crippen LogP contribution is 2.23. The number of carbonyl (C=O) groups excluding carboxylic acids is 2. The molecule has 3 aromatic rings. The number of allylic oxidation sites excluding steroid dienone is 1. The van der Waals surface area contributed by atoms with E-state index in [0.29, 0.717) is 28.1 Å². The van der Waals surface area contributed by atoms with Crippen LogP contribution in [0.3, 0.4) is 0 Å². The second kappa shape index (κ2) is 11.7. The molecule has 2 amide bonds. The minimum absolute atomic E-state index is 0.116. The van der Waals surface area contributed by atoms with E-state index < -0.39 is 0 Å². The highest BCUT2D eigenvalue weighted by molar-refractivity contribution is 7.99. The van der Waals surface area contributed by atoms with Gasteiger partial charge in [0.2, 0.25) is 5.91 Å². The molecular formula is C24H26ClN5O2S. The number of thioether (sulfide) groups is 1. The molecule has 7 nitrogen and oxygen atoms in total. The minimum Gasteiger partial charge on any atom is -0.345 e. The molecule has 2 aromatic carbocycles. The summed E-state index contributed by atoms with van der Waals surface area (Å²) < 4.78 is 1.83. The van der Waals surface area contributed by atoms with Crippen molar-refractivity contribution in [3.05, 3.63) is 82.7 Å². The van der Waals surface area contributed by atoms with E-state index in [1.807, 2.05) is 29.7 Å². The summed E-state index contributed by atoms with van der Waals surface area (Å²) in [5.74, 6) is 0.407. The molecule has 0 radical (unpaired) electrons. The molecule has 0 saturated carbocycles. The van der Waals surface area contributed by atoms with E-state index in [0.717, 1.165) is 23.2 Å². The van der Waals surface area contributed by atoms with Crippen LogP contribution in [0.15, 0.2) is 60.3 Å². The second-order valence-corrected chi connectivity index (χ2v) is 8.67. The summed E-state index contributed by atoms with van der Waals surface area (Å²) in [4.78, 5) is 25.0. The monoisotopic (exact) mass is 483 g/mol. The van der Waals surface area contributed by atoms with Gasteiger partial charge in [0.15, 0.2) is 11.0 Å². The Morgan fingerprint density at radius 3 is 2.64 bits per heavy atom. The van der Waals surface area contributed by atoms with Crippen molar-refractivity contribution in [2.75, 3.05) is 11.1 Å². The Bertz CT molecular complexity index is 1140. The second-order valence-electron chi connectivity index (χ2n) is 7.29. The topological polar surface area (TPSA) is 88.9 Å². The first-order valence-corrected chi connectivity index (χ1v) is 11.9. The van der Waals surface area contributed by atoms with Crippen LogP contribution in [0.4, 0.5) is 5.69 Å². The van der Waals surface area contributed by atoms with Crippen LogP contribution in [0.1, 0.15) is 34.2 Å². The number of aryl methyl sites for hydroxylation is 2. The molecule has 1 heterocycles. The Balaban J connectivity index is 1.63.